The van der Waals surface area contributed by atoms with E-state index >= 15 is 0 Å². The highest BCUT2D eigenvalue weighted by atomic mass is 14.4. The lowest BCUT2D eigenvalue weighted by Crippen LogP contribution is -2.11. The molecule has 0 heteroatoms. The van der Waals surface area contributed by atoms with Crippen molar-refractivity contribution in [2.24, 2.45) is 5.41 Å². The maximum Gasteiger partial charge on any atom is -0.00574 e. The highest BCUT2D eigenvalue weighted by Gasteiger charge is 2.31. The second kappa shape index (κ2) is 6.41. The molecule has 0 nitrogen and oxygen atoms in total. The first kappa shape index (κ1) is 17.6. The van der Waals surface area contributed by atoms with Gasteiger partial charge >= 0.3 is 0 Å². The van der Waals surface area contributed by atoms with E-state index in [0.717, 1.165) is 6.42 Å². The Hall–Kier alpha value is -1.82. The van der Waals surface area contributed by atoms with Crippen LogP contribution in [0.4, 0.5) is 0 Å². The van der Waals surface area contributed by atoms with Crippen LogP contribution in [0.2, 0.25) is 0 Å². The molecule has 0 atom stereocenters. The number of rotatable bonds is 3. The summed E-state index contributed by atoms with van der Waals surface area (Å²) in [5.41, 5.74) is 9.52. The first-order valence-corrected chi connectivity index (χ1v) is 10.3. The van der Waals surface area contributed by atoms with Crippen molar-refractivity contribution < 1.29 is 0 Å². The van der Waals surface area contributed by atoms with Crippen molar-refractivity contribution in [3.63, 3.8) is 0 Å². The Morgan fingerprint density at radius 3 is 2.27 bits per heavy atom. The fraction of sp³-hybridized carbons (Fsp3) is 0.462. The molecule has 2 aliphatic carbocycles. The molecule has 2 aromatic carbocycles. The summed E-state index contributed by atoms with van der Waals surface area (Å²) in [6.45, 7) is 9.33. The van der Waals surface area contributed by atoms with Gasteiger partial charge in [-0.2, -0.15) is 0 Å². The molecule has 0 amide bonds. The van der Waals surface area contributed by atoms with E-state index in [2.05, 4.69) is 76.2 Å². The molecule has 0 aromatic heterocycles. The van der Waals surface area contributed by atoms with Crippen LogP contribution in [0.5, 0.6) is 0 Å². The molecule has 1 saturated carbocycles. The molecule has 0 spiro atoms. The highest BCUT2D eigenvalue weighted by Crippen LogP contribution is 2.45. The normalized spacial score (nSPS) is 18.7. The number of benzene rings is 2. The quantitative estimate of drug-likeness (QED) is 0.539. The predicted molar refractivity (Wildman–Crippen MR) is 113 cm³/mol. The fourth-order valence-electron chi connectivity index (χ4n) is 4.91. The van der Waals surface area contributed by atoms with Crippen LogP contribution in [0.3, 0.4) is 0 Å². The Morgan fingerprint density at radius 2 is 1.62 bits per heavy atom. The van der Waals surface area contributed by atoms with Crippen LogP contribution in [-0.2, 0) is 11.8 Å². The number of fused-ring (bicyclic) bond motifs is 1. The van der Waals surface area contributed by atoms with Gasteiger partial charge in [0.05, 0.1) is 0 Å². The Labute approximate surface area is 159 Å². The van der Waals surface area contributed by atoms with Crippen LogP contribution in [-0.4, -0.2) is 0 Å². The summed E-state index contributed by atoms with van der Waals surface area (Å²) in [5.74, 6) is 0. The molecule has 0 aliphatic heterocycles. The van der Waals surface area contributed by atoms with E-state index in [4.69, 9.17) is 0 Å². The molecule has 0 heterocycles. The number of hydrogen-bond donors (Lipinski definition) is 0. The molecule has 1 fully saturated rings. The zero-order valence-electron chi connectivity index (χ0n) is 16.9. The molecule has 136 valence electrons. The minimum atomic E-state index is 0.209. The molecular formula is C26H32. The third kappa shape index (κ3) is 3.39. The first-order valence-electron chi connectivity index (χ1n) is 10.3. The monoisotopic (exact) mass is 344 g/mol. The van der Waals surface area contributed by atoms with Gasteiger partial charge in [0.15, 0.2) is 0 Å². The first-order chi connectivity index (χ1) is 12.3. The second-order valence-electron chi connectivity index (χ2n) is 9.88. The van der Waals surface area contributed by atoms with Gasteiger partial charge < -0.3 is 0 Å². The van der Waals surface area contributed by atoms with Crippen LogP contribution >= 0.6 is 0 Å². The minimum Gasteiger partial charge on any atom is -0.0646 e. The largest absolute Gasteiger partial charge is 0.0646 e. The average Bonchev–Trinajstić information content (AvgIpc) is 3.19. The number of hydrogen-bond acceptors (Lipinski definition) is 0. The second-order valence-corrected chi connectivity index (χ2v) is 9.88. The molecule has 2 aliphatic rings. The van der Waals surface area contributed by atoms with Gasteiger partial charge in [-0.3, -0.25) is 0 Å². The molecule has 4 rings (SSSR count). The van der Waals surface area contributed by atoms with Gasteiger partial charge in [-0.25, -0.2) is 0 Å². The van der Waals surface area contributed by atoms with Crippen molar-refractivity contribution in [3.05, 3.63) is 64.7 Å². The molecule has 0 radical (unpaired) electrons. The van der Waals surface area contributed by atoms with Gasteiger partial charge in [-0.1, -0.05) is 94.7 Å². The zero-order chi connectivity index (χ0) is 18.4. The Bertz CT molecular complexity index is 821. The van der Waals surface area contributed by atoms with E-state index in [1.165, 1.54) is 59.9 Å². The molecule has 0 unspecified atom stereocenters. The van der Waals surface area contributed by atoms with Gasteiger partial charge in [0, 0.05) is 0 Å². The van der Waals surface area contributed by atoms with Crippen LogP contribution in [0, 0.1) is 5.41 Å². The molecule has 2 aromatic rings. The topological polar surface area (TPSA) is 0 Å². The van der Waals surface area contributed by atoms with Crippen molar-refractivity contribution in [3.8, 4) is 11.1 Å². The molecule has 0 bridgehead atoms. The van der Waals surface area contributed by atoms with Crippen molar-refractivity contribution in [2.45, 2.75) is 71.6 Å². The van der Waals surface area contributed by atoms with E-state index in [-0.39, 0.29) is 5.41 Å². The van der Waals surface area contributed by atoms with Crippen LogP contribution in [0.25, 0.3) is 17.2 Å². The van der Waals surface area contributed by atoms with E-state index in [9.17, 15) is 0 Å². The smallest absolute Gasteiger partial charge is 0.00574 e. The summed E-state index contributed by atoms with van der Waals surface area (Å²) in [6.07, 6.45) is 10.6. The summed E-state index contributed by atoms with van der Waals surface area (Å²) in [5, 5.41) is 0. The lowest BCUT2D eigenvalue weighted by atomic mass is 9.81. The van der Waals surface area contributed by atoms with Crippen molar-refractivity contribution in [1.29, 1.82) is 0 Å². The van der Waals surface area contributed by atoms with E-state index in [1.54, 1.807) is 5.57 Å². The van der Waals surface area contributed by atoms with Gasteiger partial charge in [0.2, 0.25) is 0 Å². The Kier molecular flexibility index (Phi) is 4.34. The molecule has 26 heavy (non-hydrogen) atoms. The van der Waals surface area contributed by atoms with E-state index < -0.39 is 0 Å². The zero-order valence-corrected chi connectivity index (χ0v) is 16.9. The third-order valence-corrected chi connectivity index (χ3v) is 6.49. The van der Waals surface area contributed by atoms with Crippen LogP contribution < -0.4 is 0 Å². The average molecular weight is 345 g/mol. The standard InChI is InChI=1S/C26H32/c1-25(2,3)22-12-10-20(11-13-22)23-9-7-8-21-16-19(17-24(21)23)18-26(4)14-5-6-15-26/h7-13,17H,5-6,14-16,18H2,1-4H3. The van der Waals surface area contributed by atoms with Crippen molar-refractivity contribution >= 4 is 6.08 Å². The van der Waals surface area contributed by atoms with Gasteiger partial charge in [-0.05, 0) is 64.3 Å². The maximum atomic E-state index is 2.51. The summed E-state index contributed by atoms with van der Waals surface area (Å²) >= 11 is 0. The SMILES string of the molecule is CC1(CC2=Cc3c(cccc3-c3ccc(C(C)(C)C)cc3)C2)CCCC1. The van der Waals surface area contributed by atoms with Crippen molar-refractivity contribution in [2.75, 3.05) is 0 Å². The molecular weight excluding hydrogens is 312 g/mol. The molecule has 0 N–H and O–H groups in total. The van der Waals surface area contributed by atoms with Crippen LogP contribution in [0.15, 0.2) is 48.0 Å². The third-order valence-electron chi connectivity index (χ3n) is 6.49. The Balaban J connectivity index is 1.63. The highest BCUT2D eigenvalue weighted by molar-refractivity contribution is 5.81. The number of allylic oxidation sites excluding steroid dienone is 1. The van der Waals surface area contributed by atoms with Gasteiger partial charge in [0.1, 0.15) is 0 Å². The lowest BCUT2D eigenvalue weighted by molar-refractivity contribution is 0.333. The summed E-state index contributed by atoms with van der Waals surface area (Å²) in [4.78, 5) is 0. The minimum absolute atomic E-state index is 0.209. The molecule has 0 saturated heterocycles. The van der Waals surface area contributed by atoms with E-state index in [1.807, 2.05) is 0 Å². The Morgan fingerprint density at radius 1 is 0.923 bits per heavy atom. The summed E-state index contributed by atoms with van der Waals surface area (Å²) < 4.78 is 0. The summed E-state index contributed by atoms with van der Waals surface area (Å²) in [6, 6.07) is 16.1. The summed E-state index contributed by atoms with van der Waals surface area (Å²) in [7, 11) is 0. The predicted octanol–water partition coefficient (Wildman–Crippen LogP) is 7.56. The van der Waals surface area contributed by atoms with Gasteiger partial charge in [-0.15, -0.1) is 0 Å². The lowest BCUT2D eigenvalue weighted by Gasteiger charge is -2.24. The maximum absolute atomic E-state index is 2.51. The fourth-order valence-corrected chi connectivity index (χ4v) is 4.91. The van der Waals surface area contributed by atoms with Crippen LogP contribution in [0.1, 0.15) is 76.5 Å². The van der Waals surface area contributed by atoms with Gasteiger partial charge in [0.25, 0.3) is 0 Å². The van der Waals surface area contributed by atoms with Crippen molar-refractivity contribution in [1.82, 2.24) is 0 Å². The van der Waals surface area contributed by atoms with E-state index in [0.29, 0.717) is 5.41 Å².